The molecular weight excluding hydrogens is 243 g/mol. The van der Waals surface area contributed by atoms with E-state index < -0.39 is 0 Å². The van der Waals surface area contributed by atoms with Crippen LogP contribution >= 0.6 is 34.0 Å². The summed E-state index contributed by atoms with van der Waals surface area (Å²) in [5.41, 5.74) is 0. The second-order valence-corrected chi connectivity index (χ2v) is 0. The molecule has 1 radical (unpaired) electrons. The Kier molecular flexibility index (Phi) is 331. The van der Waals surface area contributed by atoms with Crippen LogP contribution in [0.1, 0.15) is 0 Å². The van der Waals surface area contributed by atoms with Crippen LogP contribution in [0.2, 0.25) is 0 Å². The van der Waals surface area contributed by atoms with Gasteiger partial charge in [-0.05, 0) is 0 Å². The van der Waals surface area contributed by atoms with E-state index >= 15 is 0 Å². The molecule has 5 heavy (non-hydrogen) atoms. The molecule has 0 bridgehead atoms. The van der Waals surface area contributed by atoms with Crippen molar-refractivity contribution < 1.29 is 22.2 Å². The van der Waals surface area contributed by atoms with E-state index in [9.17, 15) is 0 Å². The van der Waals surface area contributed by atoms with Gasteiger partial charge < -0.3 is 5.11 Å². The molecule has 0 fully saturated rings. The minimum atomic E-state index is 0. The van der Waals surface area contributed by atoms with Crippen molar-refractivity contribution in [1.29, 1.82) is 0 Å². The van der Waals surface area contributed by atoms with Crippen LogP contribution in [-0.2, 0) is 17.1 Å². The molecule has 0 aromatic rings. The molecule has 0 aliphatic carbocycles. The smallest absolute Gasteiger partial charge is 0.0319 e. The fraction of sp³-hybridized carbons (Fsp3) is 1.00. The van der Waals surface area contributed by atoms with Gasteiger partial charge in [-0.1, -0.05) is 0 Å². The number of aliphatic hydroxyl groups is 1. The first-order chi connectivity index (χ1) is 1.00. The molecule has 0 aromatic heterocycles. The minimum Gasteiger partial charge on any atom is -0.400 e. The molecule has 0 rings (SSSR count). The van der Waals surface area contributed by atoms with Gasteiger partial charge in [0.1, 0.15) is 0 Å². The molecule has 0 aromatic carbocycles. The van der Waals surface area contributed by atoms with Crippen LogP contribution in [0.15, 0.2) is 0 Å². The van der Waals surface area contributed by atoms with Gasteiger partial charge in [-0.15, -0.1) is 34.0 Å². The molecule has 0 spiro atoms. The maximum Gasteiger partial charge on any atom is 0.0319 e. The van der Waals surface area contributed by atoms with Gasteiger partial charge in [0.05, 0.1) is 0 Å². The number of rotatable bonds is 0. The van der Waals surface area contributed by atoms with Gasteiger partial charge in [-0.2, -0.15) is 0 Å². The molecule has 1 nitrogen and oxygen atoms in total. The van der Waals surface area contributed by atoms with Gasteiger partial charge in [0.25, 0.3) is 0 Å². The van der Waals surface area contributed by atoms with E-state index in [1.54, 1.807) is 0 Å². The maximum absolute atomic E-state index is 7.00. The number of aliphatic hydroxyl groups excluding tert-OH is 1. The van der Waals surface area contributed by atoms with Gasteiger partial charge in [0, 0.05) is 24.2 Å². The average molecular weight is 249 g/mol. The van der Waals surface area contributed by atoms with Crippen molar-refractivity contribution in [3.63, 3.8) is 0 Å². The van der Waals surface area contributed by atoms with E-state index in [4.69, 9.17) is 5.11 Å². The molecule has 0 saturated heterocycles. The molecule has 1 N–H and O–H groups in total. The van der Waals surface area contributed by atoms with Gasteiger partial charge >= 0.3 is 0 Å². The Balaban J connectivity index is -0.00000000167. The summed E-state index contributed by atoms with van der Waals surface area (Å²) < 4.78 is 0. The van der Waals surface area contributed by atoms with Crippen molar-refractivity contribution in [3.05, 3.63) is 0 Å². The molecule has 0 aliphatic rings. The zero-order valence-corrected chi connectivity index (χ0v) is 7.25. The van der Waals surface area contributed by atoms with Crippen molar-refractivity contribution in [2.45, 2.75) is 0 Å². The summed E-state index contributed by atoms with van der Waals surface area (Å²) >= 11 is 0. The summed E-state index contributed by atoms with van der Waals surface area (Å²) in [4.78, 5) is 0. The predicted molar refractivity (Wildman–Crippen MR) is 28.8 cm³/mol. The summed E-state index contributed by atoms with van der Waals surface area (Å²) in [6.45, 7) is 0. The molecule has 0 atom stereocenters. The van der Waals surface area contributed by atoms with Gasteiger partial charge in [-0.25, -0.2) is 0 Å². The number of hydrogen-bond donors (Lipinski definition) is 1. The Labute approximate surface area is 63.2 Å². The van der Waals surface area contributed by atoms with E-state index in [-0.39, 0.29) is 51.0 Å². The predicted octanol–water partition coefficient (Wildman–Crippen LogP) is 0.762. The average Bonchev–Trinajstić information content (AvgIpc) is 1.00. The van der Waals surface area contributed by atoms with Crippen LogP contribution in [-0.4, -0.2) is 12.2 Å². The summed E-state index contributed by atoms with van der Waals surface area (Å²) in [5.74, 6) is 0. The Morgan fingerprint density at radius 3 is 1.00 bits per heavy atom. The van der Waals surface area contributed by atoms with Crippen LogP contribution in [0, 0.1) is 0 Å². The van der Waals surface area contributed by atoms with Gasteiger partial charge in [0.15, 0.2) is 0 Å². The van der Waals surface area contributed by atoms with Crippen molar-refractivity contribution >= 4 is 34.0 Å². The molecule has 0 amide bonds. The van der Waals surface area contributed by atoms with E-state index in [2.05, 4.69) is 0 Å². The minimum absolute atomic E-state index is 0. The van der Waals surface area contributed by atoms with Crippen LogP contribution in [0.3, 0.4) is 0 Å². The third-order valence-electron chi connectivity index (χ3n) is 0. The van der Waals surface area contributed by atoms with E-state index in [0.29, 0.717) is 0 Å². The first-order valence-electron chi connectivity index (χ1n) is 0.447. The second kappa shape index (κ2) is 51.7. The Morgan fingerprint density at radius 2 is 1.00 bits per heavy atom. The van der Waals surface area contributed by atoms with E-state index in [0.717, 1.165) is 7.11 Å². The van der Waals surface area contributed by atoms with Crippen LogP contribution in [0.5, 0.6) is 0 Å². The molecule has 0 aliphatic heterocycles. The van der Waals surface area contributed by atoms with Gasteiger partial charge in [0.2, 0.25) is 0 Å². The standard InChI is InChI=1S/CH4O.2BrH.Mn/c1-2;;;/h2H,1H3;2*1H;. The third-order valence-corrected chi connectivity index (χ3v) is 0. The Morgan fingerprint density at radius 1 is 1.00 bits per heavy atom. The van der Waals surface area contributed by atoms with E-state index in [1.807, 2.05) is 0 Å². The molecule has 0 heterocycles. The fourth-order valence-electron chi connectivity index (χ4n) is 0. The van der Waals surface area contributed by atoms with Crippen LogP contribution in [0.4, 0.5) is 0 Å². The van der Waals surface area contributed by atoms with Crippen molar-refractivity contribution in [3.8, 4) is 0 Å². The zero-order chi connectivity index (χ0) is 2.00. The summed E-state index contributed by atoms with van der Waals surface area (Å²) in [5, 5.41) is 7.00. The largest absolute Gasteiger partial charge is 0.400 e. The Bertz CT molecular complexity index is 9.61. The molecule has 37 valence electrons. The normalized spacial score (nSPS) is 1.20. The van der Waals surface area contributed by atoms with Gasteiger partial charge in [-0.3, -0.25) is 0 Å². The molecule has 0 saturated carbocycles. The van der Waals surface area contributed by atoms with Crippen molar-refractivity contribution in [1.82, 2.24) is 0 Å². The molecular formula is CH6Br2MnO. The summed E-state index contributed by atoms with van der Waals surface area (Å²) in [6, 6.07) is 0. The van der Waals surface area contributed by atoms with E-state index in [1.165, 1.54) is 0 Å². The third kappa shape index (κ3) is 31.1. The topological polar surface area (TPSA) is 20.2 Å². The fourth-order valence-corrected chi connectivity index (χ4v) is 0. The summed E-state index contributed by atoms with van der Waals surface area (Å²) in [6.07, 6.45) is 0. The quantitative estimate of drug-likeness (QED) is 0.628. The maximum atomic E-state index is 7.00. The summed E-state index contributed by atoms with van der Waals surface area (Å²) in [7, 11) is 1.00. The monoisotopic (exact) mass is 247 g/mol. The zero-order valence-electron chi connectivity index (χ0n) is 2.64. The molecule has 4 heteroatoms. The first-order valence-corrected chi connectivity index (χ1v) is 0.447. The van der Waals surface area contributed by atoms with Crippen molar-refractivity contribution in [2.75, 3.05) is 7.11 Å². The first kappa shape index (κ1) is 32.0. The SMILES string of the molecule is Br.Br.CO.[Mn]. The Hall–Kier alpha value is 1.44. The van der Waals surface area contributed by atoms with Crippen LogP contribution in [0.25, 0.3) is 0 Å². The number of halogens is 2. The van der Waals surface area contributed by atoms with Crippen molar-refractivity contribution in [2.24, 2.45) is 0 Å². The second-order valence-electron chi connectivity index (χ2n) is 0. The number of hydrogen-bond acceptors (Lipinski definition) is 1. The van der Waals surface area contributed by atoms with Crippen LogP contribution < -0.4 is 0 Å². The molecule has 0 unspecified atom stereocenters.